The molecule has 8 heteroatoms. The van der Waals surface area contributed by atoms with Crippen molar-refractivity contribution >= 4 is 24.0 Å². The summed E-state index contributed by atoms with van der Waals surface area (Å²) in [5.41, 5.74) is 5.30. The van der Waals surface area contributed by atoms with Crippen LogP contribution in [0.3, 0.4) is 0 Å². The number of benzene rings is 1. The first-order chi connectivity index (χ1) is 8.60. The van der Waals surface area contributed by atoms with Gasteiger partial charge in [0.05, 0.1) is 17.6 Å². The smallest absolute Gasteiger partial charge is 0.270 e. The molecule has 0 saturated heterocycles. The quantitative estimate of drug-likeness (QED) is 0.463. The van der Waals surface area contributed by atoms with E-state index < -0.39 is 10.8 Å². The third kappa shape index (κ3) is 4.72. The number of non-ortho nitro benzene ring substituents is 1. The van der Waals surface area contributed by atoms with Crippen molar-refractivity contribution in [3.8, 4) is 5.75 Å². The Hall–Kier alpha value is -1.86. The van der Waals surface area contributed by atoms with Gasteiger partial charge < -0.3 is 15.8 Å². The van der Waals surface area contributed by atoms with Crippen molar-refractivity contribution in [3.63, 3.8) is 0 Å². The highest BCUT2D eigenvalue weighted by Crippen LogP contribution is 2.23. The van der Waals surface area contributed by atoms with E-state index in [2.05, 4.69) is 5.32 Å². The molecule has 1 amide bonds. The zero-order valence-corrected chi connectivity index (χ0v) is 11.2. The topological polar surface area (TPSA) is 107 Å². The monoisotopic (exact) mass is 289 g/mol. The number of methoxy groups -OCH3 is 1. The first kappa shape index (κ1) is 17.1. The molecule has 0 heterocycles. The van der Waals surface area contributed by atoms with Gasteiger partial charge in [0.15, 0.2) is 0 Å². The van der Waals surface area contributed by atoms with E-state index in [0.29, 0.717) is 25.3 Å². The molecule has 1 aromatic rings. The fraction of sp³-hybridized carbons (Fsp3) is 0.364. The van der Waals surface area contributed by atoms with Crippen LogP contribution in [-0.4, -0.2) is 31.0 Å². The summed E-state index contributed by atoms with van der Waals surface area (Å²) in [5, 5.41) is 13.3. The Bertz CT molecular complexity index is 454. The number of carbonyl (C=O) groups excluding carboxylic acids is 1. The zero-order valence-electron chi connectivity index (χ0n) is 10.4. The number of nitrogens with zero attached hydrogens (tertiary/aromatic N) is 1. The standard InChI is InChI=1S/C11H15N3O4.ClH/c1-18-10-4-3-8(14(16)17)7-9(10)11(15)13-6-2-5-12;/h3-4,7H,2,5-6,12H2,1H3,(H,13,15);1H. The predicted molar refractivity (Wildman–Crippen MR) is 72.9 cm³/mol. The molecule has 0 fully saturated rings. The van der Waals surface area contributed by atoms with E-state index in [0.717, 1.165) is 0 Å². The van der Waals surface area contributed by atoms with Crippen molar-refractivity contribution < 1.29 is 14.5 Å². The van der Waals surface area contributed by atoms with Gasteiger partial charge in [-0.25, -0.2) is 0 Å². The van der Waals surface area contributed by atoms with Gasteiger partial charge in [-0.2, -0.15) is 0 Å². The van der Waals surface area contributed by atoms with Crippen LogP contribution in [0.5, 0.6) is 5.75 Å². The number of carbonyl (C=O) groups is 1. The molecule has 0 saturated carbocycles. The Labute approximate surface area is 116 Å². The van der Waals surface area contributed by atoms with Gasteiger partial charge in [0.2, 0.25) is 0 Å². The molecule has 0 unspecified atom stereocenters. The number of nitrogens with one attached hydrogen (secondary N) is 1. The van der Waals surface area contributed by atoms with Gasteiger partial charge in [-0.15, -0.1) is 12.4 Å². The van der Waals surface area contributed by atoms with E-state index in [9.17, 15) is 14.9 Å². The molecule has 1 aromatic carbocycles. The Kier molecular flexibility index (Phi) is 7.47. The van der Waals surface area contributed by atoms with E-state index in [1.807, 2.05) is 0 Å². The molecular formula is C11H16ClN3O4. The molecule has 0 atom stereocenters. The maximum Gasteiger partial charge on any atom is 0.270 e. The molecule has 0 spiro atoms. The zero-order chi connectivity index (χ0) is 13.5. The van der Waals surface area contributed by atoms with Crippen molar-refractivity contribution in [2.24, 2.45) is 5.73 Å². The molecule has 106 valence electrons. The van der Waals surface area contributed by atoms with Crippen molar-refractivity contribution in [2.45, 2.75) is 6.42 Å². The molecule has 7 nitrogen and oxygen atoms in total. The van der Waals surface area contributed by atoms with Crippen LogP contribution in [0.1, 0.15) is 16.8 Å². The number of halogens is 1. The average molecular weight is 290 g/mol. The van der Waals surface area contributed by atoms with Crippen LogP contribution in [-0.2, 0) is 0 Å². The lowest BCUT2D eigenvalue weighted by molar-refractivity contribution is -0.384. The molecule has 0 radical (unpaired) electrons. The highest BCUT2D eigenvalue weighted by atomic mass is 35.5. The molecule has 0 aromatic heterocycles. The van der Waals surface area contributed by atoms with E-state index in [4.69, 9.17) is 10.5 Å². The summed E-state index contributed by atoms with van der Waals surface area (Å²) in [7, 11) is 1.40. The van der Waals surface area contributed by atoms with Crippen molar-refractivity contribution in [1.29, 1.82) is 0 Å². The third-order valence-electron chi connectivity index (χ3n) is 2.30. The van der Waals surface area contributed by atoms with Crippen molar-refractivity contribution in [3.05, 3.63) is 33.9 Å². The number of hydrogen-bond acceptors (Lipinski definition) is 5. The number of hydrogen-bond donors (Lipinski definition) is 2. The van der Waals surface area contributed by atoms with Crippen molar-refractivity contribution in [2.75, 3.05) is 20.2 Å². The van der Waals surface area contributed by atoms with Crippen LogP contribution >= 0.6 is 12.4 Å². The highest BCUT2D eigenvalue weighted by molar-refractivity contribution is 5.97. The van der Waals surface area contributed by atoms with Gasteiger partial charge in [0.1, 0.15) is 5.75 Å². The molecule has 1 rings (SSSR count). The van der Waals surface area contributed by atoms with E-state index in [1.165, 1.54) is 25.3 Å². The lowest BCUT2D eigenvalue weighted by atomic mass is 10.1. The number of ether oxygens (including phenoxy) is 1. The second-order valence-corrected chi connectivity index (χ2v) is 3.54. The normalized spacial score (nSPS) is 9.37. The molecule has 3 N–H and O–H groups in total. The summed E-state index contributed by atoms with van der Waals surface area (Å²) in [5.74, 6) is -0.116. The summed E-state index contributed by atoms with van der Waals surface area (Å²) < 4.78 is 5.00. The minimum atomic E-state index is -0.559. The van der Waals surface area contributed by atoms with Crippen LogP contribution in [0.2, 0.25) is 0 Å². The van der Waals surface area contributed by atoms with Gasteiger partial charge in [-0.05, 0) is 19.0 Å². The fourth-order valence-electron chi connectivity index (χ4n) is 1.39. The Morgan fingerprint density at radius 3 is 2.74 bits per heavy atom. The van der Waals surface area contributed by atoms with Gasteiger partial charge in [-0.3, -0.25) is 14.9 Å². The molecule has 0 aliphatic heterocycles. The Morgan fingerprint density at radius 2 is 2.21 bits per heavy atom. The average Bonchev–Trinajstić information content (AvgIpc) is 2.38. The maximum atomic E-state index is 11.8. The lowest BCUT2D eigenvalue weighted by Gasteiger charge is -2.08. The number of nitro groups is 1. The van der Waals surface area contributed by atoms with Gasteiger partial charge in [0.25, 0.3) is 11.6 Å². The van der Waals surface area contributed by atoms with Crippen LogP contribution in [0, 0.1) is 10.1 Å². The third-order valence-corrected chi connectivity index (χ3v) is 2.30. The minimum absolute atomic E-state index is 0. The summed E-state index contributed by atoms with van der Waals surface area (Å²) in [6.45, 7) is 0.882. The summed E-state index contributed by atoms with van der Waals surface area (Å²) >= 11 is 0. The summed E-state index contributed by atoms with van der Waals surface area (Å²) in [6, 6.07) is 3.88. The molecular weight excluding hydrogens is 274 g/mol. The van der Waals surface area contributed by atoms with Crippen molar-refractivity contribution in [1.82, 2.24) is 5.32 Å². The van der Waals surface area contributed by atoms with Gasteiger partial charge in [0, 0.05) is 18.7 Å². The van der Waals surface area contributed by atoms with E-state index in [-0.39, 0.29) is 23.7 Å². The number of rotatable bonds is 6. The van der Waals surface area contributed by atoms with E-state index >= 15 is 0 Å². The van der Waals surface area contributed by atoms with E-state index in [1.54, 1.807) is 0 Å². The number of nitrogens with two attached hydrogens (primary N) is 1. The van der Waals surface area contributed by atoms with Crippen LogP contribution in [0.4, 0.5) is 5.69 Å². The van der Waals surface area contributed by atoms with Gasteiger partial charge >= 0.3 is 0 Å². The lowest BCUT2D eigenvalue weighted by Crippen LogP contribution is -2.26. The summed E-state index contributed by atoms with van der Waals surface area (Å²) in [4.78, 5) is 21.9. The maximum absolute atomic E-state index is 11.8. The number of nitro benzene ring substituents is 1. The van der Waals surface area contributed by atoms with Crippen LogP contribution < -0.4 is 15.8 Å². The predicted octanol–water partition coefficient (Wildman–Crippen LogP) is 1.10. The molecule has 19 heavy (non-hydrogen) atoms. The first-order valence-corrected chi connectivity index (χ1v) is 5.41. The van der Waals surface area contributed by atoms with Crippen LogP contribution in [0.25, 0.3) is 0 Å². The highest BCUT2D eigenvalue weighted by Gasteiger charge is 2.16. The largest absolute Gasteiger partial charge is 0.496 e. The van der Waals surface area contributed by atoms with Crippen LogP contribution in [0.15, 0.2) is 18.2 Å². The Morgan fingerprint density at radius 1 is 1.53 bits per heavy atom. The van der Waals surface area contributed by atoms with Gasteiger partial charge in [-0.1, -0.05) is 0 Å². The first-order valence-electron chi connectivity index (χ1n) is 5.41. The number of amides is 1. The SMILES string of the molecule is COc1ccc([N+](=O)[O-])cc1C(=O)NCCCN.Cl. The summed E-state index contributed by atoms with van der Waals surface area (Å²) in [6.07, 6.45) is 0.642. The molecule has 0 aliphatic rings. The second kappa shape index (κ2) is 8.28. The molecule has 0 bridgehead atoms. The Balaban J connectivity index is 0.00000324. The minimum Gasteiger partial charge on any atom is -0.496 e. The molecule has 0 aliphatic carbocycles. The fourth-order valence-corrected chi connectivity index (χ4v) is 1.39. The second-order valence-electron chi connectivity index (χ2n) is 3.54.